The summed E-state index contributed by atoms with van der Waals surface area (Å²) in [6, 6.07) is 0. The van der Waals surface area contributed by atoms with Crippen molar-refractivity contribution in [1.82, 2.24) is 14.4 Å². The molecule has 6 nitrogen and oxygen atoms in total. The first-order chi connectivity index (χ1) is 9.88. The van der Waals surface area contributed by atoms with E-state index in [0.717, 1.165) is 5.69 Å². The number of imidazole rings is 1. The van der Waals surface area contributed by atoms with Crippen molar-refractivity contribution in [3.63, 3.8) is 0 Å². The molecular formula is C11H11ClN4O2S3. The molecule has 0 saturated heterocycles. The predicted molar refractivity (Wildman–Crippen MR) is 85.1 cm³/mol. The molecule has 21 heavy (non-hydrogen) atoms. The lowest BCUT2D eigenvalue weighted by Gasteiger charge is -2.04. The first-order valence-corrected chi connectivity index (χ1v) is 9.60. The summed E-state index contributed by atoms with van der Waals surface area (Å²) in [5.74, 6) is 0.238. The van der Waals surface area contributed by atoms with Crippen molar-refractivity contribution in [2.75, 3.05) is 4.72 Å². The summed E-state index contributed by atoms with van der Waals surface area (Å²) in [6.07, 6.45) is 1.62. The number of halogens is 1. The van der Waals surface area contributed by atoms with Gasteiger partial charge in [0.2, 0.25) is 0 Å². The van der Waals surface area contributed by atoms with Crippen molar-refractivity contribution in [1.29, 1.82) is 0 Å². The van der Waals surface area contributed by atoms with Crippen LogP contribution in [0.2, 0.25) is 5.15 Å². The Hall–Kier alpha value is -1.16. The van der Waals surface area contributed by atoms with Gasteiger partial charge in [0, 0.05) is 17.0 Å². The van der Waals surface area contributed by atoms with Crippen LogP contribution < -0.4 is 4.72 Å². The van der Waals surface area contributed by atoms with Gasteiger partial charge in [-0.2, -0.15) is 8.42 Å². The standard InChI is InChI=1S/C11H11ClN4O2S3/c1-6(2)7-5-20-10(13-7)15-21(17,18)9-8(12)14-11-16(9)3-4-19-11/h3-6H,1-2H3,(H,13,15). The number of hydrogen-bond donors (Lipinski definition) is 1. The lowest BCUT2D eigenvalue weighted by Crippen LogP contribution is -2.15. The third kappa shape index (κ3) is 2.66. The summed E-state index contributed by atoms with van der Waals surface area (Å²) in [4.78, 5) is 8.82. The molecule has 0 saturated carbocycles. The van der Waals surface area contributed by atoms with Crippen molar-refractivity contribution < 1.29 is 8.42 Å². The summed E-state index contributed by atoms with van der Waals surface area (Å²) in [6.45, 7) is 3.99. The average Bonchev–Trinajstić information content (AvgIpc) is 3.02. The van der Waals surface area contributed by atoms with Crippen molar-refractivity contribution in [3.8, 4) is 0 Å². The van der Waals surface area contributed by atoms with E-state index in [9.17, 15) is 8.42 Å². The SMILES string of the molecule is CC(C)c1csc(NS(=O)(=O)c2c(Cl)nc3sccn23)n1. The zero-order chi connectivity index (χ0) is 15.2. The van der Waals surface area contributed by atoms with Crippen molar-refractivity contribution in [3.05, 3.63) is 27.8 Å². The van der Waals surface area contributed by atoms with Crippen LogP contribution >= 0.6 is 34.3 Å². The Morgan fingerprint density at radius 3 is 2.76 bits per heavy atom. The van der Waals surface area contributed by atoms with Gasteiger partial charge in [0.05, 0.1) is 5.69 Å². The minimum atomic E-state index is -3.84. The molecule has 0 radical (unpaired) electrons. The third-order valence-corrected chi connectivity index (χ3v) is 6.17. The Labute approximate surface area is 134 Å². The number of nitrogens with one attached hydrogen (secondary N) is 1. The van der Waals surface area contributed by atoms with Crippen molar-refractivity contribution >= 4 is 54.4 Å². The number of thiazole rings is 2. The molecule has 0 aliphatic carbocycles. The number of fused-ring (bicyclic) bond motifs is 1. The molecule has 3 aromatic rings. The molecule has 0 aliphatic rings. The summed E-state index contributed by atoms with van der Waals surface area (Å²) in [5.41, 5.74) is 0.845. The van der Waals surface area contributed by atoms with Gasteiger partial charge in [-0.3, -0.25) is 9.12 Å². The molecule has 0 bridgehead atoms. The average molecular weight is 363 g/mol. The number of sulfonamides is 1. The Balaban J connectivity index is 2.00. The van der Waals surface area contributed by atoms with Gasteiger partial charge < -0.3 is 0 Å². The van der Waals surface area contributed by atoms with Crippen LogP contribution in [0.25, 0.3) is 4.96 Å². The molecular weight excluding hydrogens is 352 g/mol. The Bertz CT molecular complexity index is 894. The molecule has 3 heterocycles. The monoisotopic (exact) mass is 362 g/mol. The molecule has 0 atom stereocenters. The summed E-state index contributed by atoms with van der Waals surface area (Å²) >= 11 is 8.51. The largest absolute Gasteiger partial charge is 0.282 e. The predicted octanol–water partition coefficient (Wildman–Crippen LogP) is 3.43. The van der Waals surface area contributed by atoms with E-state index in [1.165, 1.54) is 27.1 Å². The van der Waals surface area contributed by atoms with Crippen molar-refractivity contribution in [2.45, 2.75) is 24.8 Å². The molecule has 0 spiro atoms. The molecule has 1 N–H and O–H groups in total. The summed E-state index contributed by atoms with van der Waals surface area (Å²) in [7, 11) is -3.84. The van der Waals surface area contributed by atoms with Crippen LogP contribution in [0, 0.1) is 0 Å². The minimum Gasteiger partial charge on any atom is -0.278 e. The van der Waals surface area contributed by atoms with E-state index in [2.05, 4.69) is 14.7 Å². The molecule has 3 rings (SSSR count). The van der Waals surface area contributed by atoms with E-state index in [4.69, 9.17) is 11.6 Å². The van der Waals surface area contributed by atoms with Gasteiger partial charge >= 0.3 is 0 Å². The van der Waals surface area contributed by atoms with E-state index in [1.54, 1.807) is 11.6 Å². The second-order valence-electron chi connectivity index (χ2n) is 4.60. The van der Waals surface area contributed by atoms with Gasteiger partial charge in [-0.25, -0.2) is 9.97 Å². The maximum atomic E-state index is 12.5. The van der Waals surface area contributed by atoms with Gasteiger partial charge in [0.1, 0.15) is 0 Å². The minimum absolute atomic E-state index is 0.0463. The number of anilines is 1. The van der Waals surface area contributed by atoms with Gasteiger partial charge in [-0.05, 0) is 5.92 Å². The van der Waals surface area contributed by atoms with E-state index < -0.39 is 10.0 Å². The molecule has 0 aromatic carbocycles. The fourth-order valence-corrected chi connectivity index (χ4v) is 5.32. The highest BCUT2D eigenvalue weighted by molar-refractivity contribution is 7.93. The quantitative estimate of drug-likeness (QED) is 0.771. The number of nitrogens with zero attached hydrogens (tertiary/aromatic N) is 3. The topological polar surface area (TPSA) is 76.4 Å². The normalized spacial score (nSPS) is 12.4. The molecule has 112 valence electrons. The smallest absolute Gasteiger partial charge is 0.278 e. The van der Waals surface area contributed by atoms with Crippen LogP contribution in [0.4, 0.5) is 5.13 Å². The fourth-order valence-electron chi connectivity index (χ4n) is 1.74. The summed E-state index contributed by atoms with van der Waals surface area (Å²) in [5, 5.41) is 3.79. The Morgan fingerprint density at radius 2 is 2.10 bits per heavy atom. The van der Waals surface area contributed by atoms with E-state index >= 15 is 0 Å². The van der Waals surface area contributed by atoms with Crippen LogP contribution in [0.15, 0.2) is 22.0 Å². The van der Waals surface area contributed by atoms with Crippen molar-refractivity contribution in [2.24, 2.45) is 0 Å². The van der Waals surface area contributed by atoms with Gasteiger partial charge in [-0.15, -0.1) is 22.7 Å². The lowest BCUT2D eigenvalue weighted by atomic mass is 10.2. The maximum absolute atomic E-state index is 12.5. The highest BCUT2D eigenvalue weighted by atomic mass is 35.5. The maximum Gasteiger partial charge on any atom is 0.282 e. The second kappa shape index (κ2) is 5.24. The van der Waals surface area contributed by atoms with E-state index in [1.807, 2.05) is 19.2 Å². The Kier molecular flexibility index (Phi) is 3.68. The zero-order valence-electron chi connectivity index (χ0n) is 11.1. The number of rotatable bonds is 4. The number of aromatic nitrogens is 3. The van der Waals surface area contributed by atoms with Crippen LogP contribution in [0.1, 0.15) is 25.5 Å². The third-order valence-electron chi connectivity index (χ3n) is 2.77. The van der Waals surface area contributed by atoms with Crippen LogP contribution in [0.5, 0.6) is 0 Å². The molecule has 0 unspecified atom stereocenters. The number of hydrogen-bond acceptors (Lipinski definition) is 6. The first-order valence-electron chi connectivity index (χ1n) is 5.98. The molecule has 0 fully saturated rings. The highest BCUT2D eigenvalue weighted by Crippen LogP contribution is 2.28. The first kappa shape index (κ1) is 14.8. The molecule has 0 aliphatic heterocycles. The van der Waals surface area contributed by atoms with E-state index in [0.29, 0.717) is 10.1 Å². The molecule has 10 heteroatoms. The second-order valence-corrected chi connectivity index (χ2v) is 8.29. The van der Waals surface area contributed by atoms with Gasteiger partial charge in [0.15, 0.2) is 20.3 Å². The summed E-state index contributed by atoms with van der Waals surface area (Å²) < 4.78 is 28.9. The fraction of sp³-hybridized carbons (Fsp3) is 0.273. The highest BCUT2D eigenvalue weighted by Gasteiger charge is 2.26. The van der Waals surface area contributed by atoms with Gasteiger partial charge in [-0.1, -0.05) is 25.4 Å². The van der Waals surface area contributed by atoms with Crippen LogP contribution in [-0.2, 0) is 10.0 Å². The lowest BCUT2D eigenvalue weighted by molar-refractivity contribution is 0.596. The molecule has 3 aromatic heterocycles. The van der Waals surface area contributed by atoms with Crippen LogP contribution in [-0.4, -0.2) is 22.8 Å². The van der Waals surface area contributed by atoms with E-state index in [-0.39, 0.29) is 16.1 Å². The Morgan fingerprint density at radius 1 is 1.33 bits per heavy atom. The molecule has 0 amide bonds. The van der Waals surface area contributed by atoms with Crippen LogP contribution in [0.3, 0.4) is 0 Å². The van der Waals surface area contributed by atoms with Gasteiger partial charge in [0.25, 0.3) is 10.0 Å². The zero-order valence-corrected chi connectivity index (χ0v) is 14.3.